The smallest absolute Gasteiger partial charge is 0.264 e. The van der Waals surface area contributed by atoms with Gasteiger partial charge in [-0.3, -0.25) is 9.59 Å². The molecule has 2 heterocycles. The number of carbonyl (C=O) groups excluding carboxylic acids is 2. The fourth-order valence-corrected chi connectivity index (χ4v) is 4.80. The quantitative estimate of drug-likeness (QED) is 0.526. The highest BCUT2D eigenvalue weighted by molar-refractivity contribution is 9.10. The SMILES string of the molecule is Cc1ccc(CN2C(=O)[C@](O)(CC(=O)c3ccc(C)s3)c3cc(Br)ccc32)cc1. The molecule has 1 aromatic heterocycles. The Bertz CT molecular complexity index is 1110. The van der Waals surface area contributed by atoms with E-state index >= 15 is 0 Å². The number of ketones is 1. The van der Waals surface area contributed by atoms with Crippen molar-refractivity contribution in [2.45, 2.75) is 32.4 Å². The molecule has 3 aromatic rings. The van der Waals surface area contributed by atoms with E-state index in [1.54, 1.807) is 17.0 Å². The number of fused-ring (bicyclic) bond motifs is 1. The standard InChI is InChI=1S/C23H20BrNO3S/c1-14-3-6-16(7-4-14)13-25-19-9-8-17(24)11-18(19)23(28,22(25)27)12-20(26)21-10-5-15(2)29-21/h3-11,28H,12-13H2,1-2H3/t23-/m0/s1. The number of amides is 1. The molecule has 148 valence electrons. The minimum atomic E-state index is -1.88. The first-order valence-electron chi connectivity index (χ1n) is 9.27. The van der Waals surface area contributed by atoms with E-state index in [0.29, 0.717) is 22.7 Å². The van der Waals surface area contributed by atoms with Crippen molar-refractivity contribution in [2.75, 3.05) is 4.90 Å². The van der Waals surface area contributed by atoms with Crippen molar-refractivity contribution in [1.29, 1.82) is 0 Å². The predicted molar refractivity (Wildman–Crippen MR) is 118 cm³/mol. The first-order chi connectivity index (χ1) is 13.8. The van der Waals surface area contributed by atoms with Gasteiger partial charge in [-0.05, 0) is 49.7 Å². The molecule has 1 N–H and O–H groups in total. The number of rotatable bonds is 5. The molecule has 0 aliphatic carbocycles. The van der Waals surface area contributed by atoms with Gasteiger partial charge in [0.1, 0.15) is 0 Å². The molecule has 0 unspecified atom stereocenters. The molecular weight excluding hydrogens is 450 g/mol. The van der Waals surface area contributed by atoms with E-state index in [9.17, 15) is 14.7 Å². The molecule has 1 aliphatic heterocycles. The summed E-state index contributed by atoms with van der Waals surface area (Å²) in [5.74, 6) is -0.699. The molecule has 4 rings (SSSR count). The Morgan fingerprint density at radius 3 is 2.48 bits per heavy atom. The Labute approximate surface area is 181 Å². The van der Waals surface area contributed by atoms with Crippen LogP contribution in [-0.4, -0.2) is 16.8 Å². The topological polar surface area (TPSA) is 57.6 Å². The van der Waals surface area contributed by atoms with Gasteiger partial charge in [0.15, 0.2) is 11.4 Å². The van der Waals surface area contributed by atoms with E-state index in [2.05, 4.69) is 15.9 Å². The van der Waals surface area contributed by atoms with E-state index in [1.807, 2.05) is 56.3 Å². The molecule has 0 spiro atoms. The van der Waals surface area contributed by atoms with Gasteiger partial charge in [-0.2, -0.15) is 0 Å². The number of anilines is 1. The van der Waals surface area contributed by atoms with Crippen LogP contribution < -0.4 is 4.90 Å². The monoisotopic (exact) mass is 469 g/mol. The van der Waals surface area contributed by atoms with E-state index in [1.165, 1.54) is 11.3 Å². The number of hydrogen-bond acceptors (Lipinski definition) is 4. The van der Waals surface area contributed by atoms with Crippen LogP contribution in [0.5, 0.6) is 0 Å². The largest absolute Gasteiger partial charge is 0.375 e. The Morgan fingerprint density at radius 2 is 1.83 bits per heavy atom. The summed E-state index contributed by atoms with van der Waals surface area (Å²) in [6.45, 7) is 4.27. The highest BCUT2D eigenvalue weighted by Crippen LogP contribution is 2.45. The summed E-state index contributed by atoms with van der Waals surface area (Å²) in [4.78, 5) is 29.3. The second-order valence-corrected chi connectivity index (χ2v) is 9.61. The molecule has 0 fully saturated rings. The molecule has 0 radical (unpaired) electrons. The third-order valence-corrected chi connectivity index (χ3v) is 6.72. The van der Waals surface area contributed by atoms with Crippen molar-refractivity contribution < 1.29 is 14.7 Å². The molecule has 0 saturated heterocycles. The lowest BCUT2D eigenvalue weighted by Crippen LogP contribution is -2.41. The number of aliphatic hydroxyl groups is 1. The number of benzene rings is 2. The molecule has 2 aromatic carbocycles. The molecule has 1 atom stereocenters. The number of Topliss-reactive ketones (excluding diaryl/α,β-unsaturated/α-hetero) is 1. The molecule has 4 nitrogen and oxygen atoms in total. The number of halogens is 1. The van der Waals surface area contributed by atoms with Crippen molar-refractivity contribution in [1.82, 2.24) is 0 Å². The Kier molecular flexibility index (Phi) is 5.19. The maximum Gasteiger partial charge on any atom is 0.264 e. The van der Waals surface area contributed by atoms with E-state index in [-0.39, 0.29) is 12.2 Å². The summed E-state index contributed by atoms with van der Waals surface area (Å²) in [5, 5.41) is 11.4. The normalized spacial score (nSPS) is 18.2. The number of thiophene rings is 1. The summed E-state index contributed by atoms with van der Waals surface area (Å²) in [7, 11) is 0. The summed E-state index contributed by atoms with van der Waals surface area (Å²) in [6.07, 6.45) is -0.278. The molecule has 6 heteroatoms. The molecule has 0 bridgehead atoms. The predicted octanol–water partition coefficient (Wildman–Crippen LogP) is 5.13. The maximum atomic E-state index is 13.4. The zero-order valence-corrected chi connectivity index (χ0v) is 18.5. The van der Waals surface area contributed by atoms with Gasteiger partial charge in [0, 0.05) is 14.9 Å². The van der Waals surface area contributed by atoms with Gasteiger partial charge >= 0.3 is 0 Å². The molecule has 0 saturated carbocycles. The first kappa shape index (κ1) is 20.0. The third-order valence-electron chi connectivity index (χ3n) is 5.19. The van der Waals surface area contributed by atoms with Crippen LogP contribution in [0.3, 0.4) is 0 Å². The highest BCUT2D eigenvalue weighted by atomic mass is 79.9. The van der Waals surface area contributed by atoms with Crippen LogP contribution >= 0.6 is 27.3 Å². The van der Waals surface area contributed by atoms with Gasteiger partial charge in [-0.15, -0.1) is 11.3 Å². The van der Waals surface area contributed by atoms with Gasteiger partial charge in [0.25, 0.3) is 5.91 Å². The second-order valence-electron chi connectivity index (χ2n) is 7.41. The van der Waals surface area contributed by atoms with Gasteiger partial charge in [0.2, 0.25) is 0 Å². The van der Waals surface area contributed by atoms with Gasteiger partial charge in [-0.1, -0.05) is 45.8 Å². The fraction of sp³-hybridized carbons (Fsp3) is 0.217. The van der Waals surface area contributed by atoms with E-state index < -0.39 is 11.5 Å². The summed E-state index contributed by atoms with van der Waals surface area (Å²) in [5.41, 5.74) is 1.32. The third kappa shape index (κ3) is 3.68. The lowest BCUT2D eigenvalue weighted by atomic mass is 9.89. The van der Waals surface area contributed by atoms with Gasteiger partial charge in [-0.25, -0.2) is 0 Å². The molecular formula is C23H20BrNO3S. The fourth-order valence-electron chi connectivity index (χ4n) is 3.63. The summed E-state index contributed by atoms with van der Waals surface area (Å²) < 4.78 is 0.749. The Morgan fingerprint density at radius 1 is 1.10 bits per heavy atom. The van der Waals surface area contributed by atoms with Crippen LogP contribution in [0, 0.1) is 13.8 Å². The summed E-state index contributed by atoms with van der Waals surface area (Å²) in [6, 6.07) is 16.9. The van der Waals surface area contributed by atoms with Crippen molar-refractivity contribution in [3.8, 4) is 0 Å². The van der Waals surface area contributed by atoms with Crippen molar-refractivity contribution >= 4 is 44.6 Å². The number of carbonyl (C=O) groups is 2. The molecule has 1 amide bonds. The Hall–Kier alpha value is -2.28. The Balaban J connectivity index is 1.71. The second kappa shape index (κ2) is 7.52. The molecule has 29 heavy (non-hydrogen) atoms. The van der Waals surface area contributed by atoms with Gasteiger partial charge < -0.3 is 10.0 Å². The lowest BCUT2D eigenvalue weighted by Gasteiger charge is -2.22. The zero-order chi connectivity index (χ0) is 20.8. The number of aryl methyl sites for hydroxylation is 2. The highest BCUT2D eigenvalue weighted by Gasteiger charge is 2.51. The minimum absolute atomic E-state index is 0.234. The van der Waals surface area contributed by atoms with Crippen molar-refractivity contribution in [3.63, 3.8) is 0 Å². The minimum Gasteiger partial charge on any atom is -0.375 e. The zero-order valence-electron chi connectivity index (χ0n) is 16.1. The van der Waals surface area contributed by atoms with E-state index in [4.69, 9.17) is 0 Å². The molecule has 1 aliphatic rings. The van der Waals surface area contributed by atoms with Crippen LogP contribution in [0.25, 0.3) is 0 Å². The van der Waals surface area contributed by atoms with Crippen LogP contribution in [0.15, 0.2) is 59.1 Å². The number of nitrogens with zero attached hydrogens (tertiary/aromatic N) is 1. The van der Waals surface area contributed by atoms with Gasteiger partial charge in [0.05, 0.1) is 23.5 Å². The van der Waals surface area contributed by atoms with Crippen LogP contribution in [0.2, 0.25) is 0 Å². The van der Waals surface area contributed by atoms with E-state index in [0.717, 1.165) is 20.5 Å². The number of hydrogen-bond donors (Lipinski definition) is 1. The first-order valence-corrected chi connectivity index (χ1v) is 10.9. The van der Waals surface area contributed by atoms with Crippen molar-refractivity contribution in [3.05, 3.63) is 85.5 Å². The average molecular weight is 470 g/mol. The lowest BCUT2D eigenvalue weighted by molar-refractivity contribution is -0.136. The summed E-state index contributed by atoms with van der Waals surface area (Å²) >= 11 is 4.80. The van der Waals surface area contributed by atoms with Crippen LogP contribution in [0.4, 0.5) is 5.69 Å². The van der Waals surface area contributed by atoms with Crippen molar-refractivity contribution in [2.24, 2.45) is 0 Å². The van der Waals surface area contributed by atoms with Crippen LogP contribution in [-0.2, 0) is 16.9 Å². The van der Waals surface area contributed by atoms with Crippen LogP contribution in [0.1, 0.15) is 37.7 Å². The maximum absolute atomic E-state index is 13.4. The average Bonchev–Trinajstić information content (AvgIpc) is 3.20.